The minimum absolute atomic E-state index is 0.199. The van der Waals surface area contributed by atoms with Gasteiger partial charge in [0, 0.05) is 16.7 Å². The molecule has 1 aromatic carbocycles. The maximum absolute atomic E-state index is 13.0. The van der Waals surface area contributed by atoms with Gasteiger partial charge in [-0.15, -0.1) is 0 Å². The zero-order valence-corrected chi connectivity index (χ0v) is 18.2. The van der Waals surface area contributed by atoms with Crippen molar-refractivity contribution in [1.82, 2.24) is 19.7 Å². The van der Waals surface area contributed by atoms with Crippen molar-refractivity contribution < 1.29 is 9.21 Å². The molecule has 1 amide bonds. The minimum Gasteiger partial charge on any atom is -0.463 e. The van der Waals surface area contributed by atoms with Crippen molar-refractivity contribution in [3.8, 4) is 17.4 Å². The lowest BCUT2D eigenvalue weighted by molar-refractivity contribution is 0.102. The van der Waals surface area contributed by atoms with E-state index in [4.69, 9.17) is 27.6 Å². The van der Waals surface area contributed by atoms with Gasteiger partial charge in [0.2, 0.25) is 5.95 Å². The minimum atomic E-state index is -0.482. The number of carbonyl (C=O) groups is 1. The van der Waals surface area contributed by atoms with E-state index in [2.05, 4.69) is 20.4 Å². The Morgan fingerprint density at radius 3 is 2.81 bits per heavy atom. The summed E-state index contributed by atoms with van der Waals surface area (Å²) in [5.74, 6) is 0.516. The number of amides is 1. The lowest BCUT2D eigenvalue weighted by Gasteiger charge is -2.15. The molecule has 0 spiro atoms. The molecule has 1 aliphatic rings. The number of hydrogen-bond acceptors (Lipinski definition) is 5. The van der Waals surface area contributed by atoms with E-state index < -0.39 is 5.91 Å². The standard InChI is InChI=1S/C22H17Cl2N5O3/c23-12-7-8-15(24)14(10-12)21(31)26-19-11-17(18-6-3-9-32-18)28-29(19)22-25-16-5-2-1-4-13(16)20(30)27-22/h3,6-11H,1-2,4-5H2,(H,26,31)(H,25,27,30). The monoisotopic (exact) mass is 469 g/mol. The van der Waals surface area contributed by atoms with Crippen LogP contribution in [0.5, 0.6) is 0 Å². The van der Waals surface area contributed by atoms with E-state index in [9.17, 15) is 9.59 Å². The van der Waals surface area contributed by atoms with Crippen LogP contribution in [0.2, 0.25) is 10.0 Å². The van der Waals surface area contributed by atoms with Gasteiger partial charge < -0.3 is 9.73 Å². The molecule has 32 heavy (non-hydrogen) atoms. The molecule has 162 valence electrons. The first kappa shape index (κ1) is 20.5. The number of nitrogens with zero attached hydrogens (tertiary/aromatic N) is 3. The second-order valence-corrected chi connectivity index (χ2v) is 8.25. The average molecular weight is 470 g/mol. The van der Waals surface area contributed by atoms with Crippen LogP contribution in [-0.2, 0) is 12.8 Å². The van der Waals surface area contributed by atoms with E-state index in [0.29, 0.717) is 28.5 Å². The van der Waals surface area contributed by atoms with Crippen molar-refractivity contribution in [2.75, 3.05) is 5.32 Å². The number of nitrogens with one attached hydrogen (secondary N) is 2. The van der Waals surface area contributed by atoms with Gasteiger partial charge in [-0.25, -0.2) is 4.98 Å². The summed E-state index contributed by atoms with van der Waals surface area (Å²) in [7, 11) is 0. The van der Waals surface area contributed by atoms with Crippen LogP contribution in [0.1, 0.15) is 34.5 Å². The molecule has 8 nitrogen and oxygen atoms in total. The number of benzene rings is 1. The molecule has 1 aliphatic carbocycles. The summed E-state index contributed by atoms with van der Waals surface area (Å²) in [5, 5.41) is 7.94. The molecule has 0 unspecified atom stereocenters. The third kappa shape index (κ3) is 3.83. The summed E-state index contributed by atoms with van der Waals surface area (Å²) in [6.07, 6.45) is 4.88. The van der Waals surface area contributed by atoms with Crippen molar-refractivity contribution in [3.63, 3.8) is 0 Å². The first-order valence-corrected chi connectivity index (χ1v) is 10.8. The summed E-state index contributed by atoms with van der Waals surface area (Å²) in [6, 6.07) is 9.74. The SMILES string of the molecule is O=C(Nc1cc(-c2ccco2)nn1-c1nc2c(c(=O)[nH]1)CCCC2)c1cc(Cl)ccc1Cl. The smallest absolute Gasteiger partial charge is 0.258 e. The molecule has 2 N–H and O–H groups in total. The van der Waals surface area contributed by atoms with Crippen LogP contribution in [0.15, 0.2) is 51.9 Å². The number of aryl methyl sites for hydroxylation is 1. The normalized spacial score (nSPS) is 13.1. The van der Waals surface area contributed by atoms with Gasteiger partial charge in [-0.3, -0.25) is 14.6 Å². The Balaban J connectivity index is 1.60. The number of rotatable bonds is 4. The fraction of sp³-hybridized carbons (Fsp3) is 0.182. The highest BCUT2D eigenvalue weighted by Gasteiger charge is 2.21. The molecule has 0 saturated carbocycles. The molecule has 4 aromatic rings. The molecule has 0 bridgehead atoms. The maximum atomic E-state index is 13.0. The molecule has 10 heteroatoms. The number of aromatic amines is 1. The zero-order valence-electron chi connectivity index (χ0n) is 16.7. The van der Waals surface area contributed by atoms with Crippen molar-refractivity contribution in [2.45, 2.75) is 25.7 Å². The van der Waals surface area contributed by atoms with Gasteiger partial charge in [0.25, 0.3) is 11.5 Å². The molecule has 0 fully saturated rings. The van der Waals surface area contributed by atoms with Crippen LogP contribution in [0, 0.1) is 0 Å². The van der Waals surface area contributed by atoms with Crippen LogP contribution in [0.3, 0.4) is 0 Å². The molecule has 5 rings (SSSR count). The van der Waals surface area contributed by atoms with Crippen LogP contribution >= 0.6 is 23.2 Å². The third-order valence-electron chi connectivity index (χ3n) is 5.28. The predicted octanol–water partition coefficient (Wildman–Crippen LogP) is 4.65. The van der Waals surface area contributed by atoms with Crippen molar-refractivity contribution in [2.24, 2.45) is 0 Å². The molecular formula is C22H17Cl2N5O3. The summed E-state index contributed by atoms with van der Waals surface area (Å²) in [6.45, 7) is 0. The van der Waals surface area contributed by atoms with Crippen molar-refractivity contribution in [1.29, 1.82) is 0 Å². The highest BCUT2D eigenvalue weighted by Crippen LogP contribution is 2.27. The van der Waals surface area contributed by atoms with Gasteiger partial charge in [0.05, 0.1) is 22.5 Å². The van der Waals surface area contributed by atoms with E-state index >= 15 is 0 Å². The van der Waals surface area contributed by atoms with Crippen molar-refractivity contribution in [3.05, 3.63) is 79.9 Å². The molecule has 0 saturated heterocycles. The van der Waals surface area contributed by atoms with E-state index in [1.54, 1.807) is 30.3 Å². The summed E-state index contributed by atoms with van der Waals surface area (Å²) >= 11 is 12.2. The van der Waals surface area contributed by atoms with E-state index in [1.807, 2.05) is 0 Å². The quantitative estimate of drug-likeness (QED) is 0.452. The molecular weight excluding hydrogens is 453 g/mol. The Bertz CT molecular complexity index is 1370. The van der Waals surface area contributed by atoms with Gasteiger partial charge in [0.15, 0.2) is 5.76 Å². The highest BCUT2D eigenvalue weighted by atomic mass is 35.5. The van der Waals surface area contributed by atoms with Crippen LogP contribution in [-0.4, -0.2) is 25.7 Å². The maximum Gasteiger partial charge on any atom is 0.258 e. The first-order chi connectivity index (χ1) is 15.5. The molecule has 3 aromatic heterocycles. The Kier molecular flexibility index (Phi) is 5.32. The second kappa shape index (κ2) is 8.29. The van der Waals surface area contributed by atoms with Gasteiger partial charge in [-0.05, 0) is 56.0 Å². The van der Waals surface area contributed by atoms with E-state index in [-0.39, 0.29) is 27.9 Å². The number of H-pyrrole nitrogens is 1. The summed E-state index contributed by atoms with van der Waals surface area (Å²) in [4.78, 5) is 33.0. The Hall–Kier alpha value is -3.36. The topological polar surface area (TPSA) is 106 Å². The Labute approximate surface area is 192 Å². The number of fused-ring (bicyclic) bond motifs is 1. The van der Waals surface area contributed by atoms with Crippen molar-refractivity contribution >= 4 is 34.9 Å². The molecule has 0 atom stereocenters. The highest BCUT2D eigenvalue weighted by molar-refractivity contribution is 6.36. The molecule has 3 heterocycles. The van der Waals surface area contributed by atoms with Gasteiger partial charge in [-0.2, -0.15) is 9.78 Å². The number of anilines is 1. The number of hydrogen-bond donors (Lipinski definition) is 2. The van der Waals surface area contributed by atoms with Crippen LogP contribution in [0.4, 0.5) is 5.82 Å². The van der Waals surface area contributed by atoms with Crippen LogP contribution in [0.25, 0.3) is 17.4 Å². The number of halogens is 2. The van der Waals surface area contributed by atoms with E-state index in [0.717, 1.165) is 25.0 Å². The largest absolute Gasteiger partial charge is 0.463 e. The van der Waals surface area contributed by atoms with Gasteiger partial charge >= 0.3 is 0 Å². The summed E-state index contributed by atoms with van der Waals surface area (Å²) < 4.78 is 6.82. The molecule has 0 radical (unpaired) electrons. The number of furan rings is 1. The van der Waals surface area contributed by atoms with Gasteiger partial charge in [0.1, 0.15) is 11.5 Å². The third-order valence-corrected chi connectivity index (χ3v) is 5.84. The second-order valence-electron chi connectivity index (χ2n) is 7.40. The Morgan fingerprint density at radius 2 is 2.00 bits per heavy atom. The number of aromatic nitrogens is 4. The lowest BCUT2D eigenvalue weighted by Crippen LogP contribution is -2.24. The number of carbonyl (C=O) groups excluding carboxylic acids is 1. The zero-order chi connectivity index (χ0) is 22.2. The van der Waals surface area contributed by atoms with E-state index in [1.165, 1.54) is 17.0 Å². The molecule has 0 aliphatic heterocycles. The average Bonchev–Trinajstić information content (AvgIpc) is 3.45. The fourth-order valence-electron chi connectivity index (χ4n) is 3.72. The summed E-state index contributed by atoms with van der Waals surface area (Å²) in [5.41, 5.74) is 1.92. The van der Waals surface area contributed by atoms with Crippen LogP contribution < -0.4 is 10.9 Å². The lowest BCUT2D eigenvalue weighted by atomic mass is 9.97. The fourth-order valence-corrected chi connectivity index (χ4v) is 4.10. The first-order valence-electron chi connectivity index (χ1n) is 10.0. The van der Waals surface area contributed by atoms with Gasteiger partial charge in [-0.1, -0.05) is 23.2 Å². The Morgan fingerprint density at radius 1 is 1.16 bits per heavy atom. The predicted molar refractivity (Wildman–Crippen MR) is 121 cm³/mol.